The number of piperidine rings is 1. The van der Waals surface area contributed by atoms with Crippen LogP contribution in [0.25, 0.3) is 11.6 Å². The summed E-state index contributed by atoms with van der Waals surface area (Å²) in [7, 11) is 0. The molecule has 2 aliphatic rings. The molecule has 9 heteroatoms. The largest absolute Gasteiger partial charge is 0.358 e. The minimum atomic E-state index is -0.412. The van der Waals surface area contributed by atoms with Crippen molar-refractivity contribution in [2.75, 3.05) is 23.3 Å². The molecule has 2 aromatic heterocycles. The van der Waals surface area contributed by atoms with E-state index in [9.17, 15) is 14.0 Å². The van der Waals surface area contributed by atoms with Crippen LogP contribution in [0.1, 0.15) is 45.7 Å². The number of carbonyl (C=O) groups excluding carboxylic acids is 2. The number of H-pyrrole nitrogens is 1. The second kappa shape index (κ2) is 8.74. The molecule has 0 spiro atoms. The summed E-state index contributed by atoms with van der Waals surface area (Å²) < 4.78 is 13.8. The summed E-state index contributed by atoms with van der Waals surface area (Å²) in [5, 5.41) is 5.90. The Labute approximate surface area is 196 Å². The lowest BCUT2D eigenvalue weighted by atomic mass is 10.0. The predicted octanol–water partition coefficient (Wildman–Crippen LogP) is 3.45. The molecule has 2 aliphatic heterocycles. The lowest BCUT2D eigenvalue weighted by Crippen LogP contribution is -2.45. The fraction of sp³-hybridized carbons (Fsp3) is 0.280. The number of fused-ring (bicyclic) bond motifs is 1. The molecule has 5 rings (SSSR count). The van der Waals surface area contributed by atoms with Crippen molar-refractivity contribution < 1.29 is 14.0 Å². The quantitative estimate of drug-likeness (QED) is 0.518. The van der Waals surface area contributed by atoms with Gasteiger partial charge in [0.1, 0.15) is 5.82 Å². The molecular formula is C25H25FN6O2. The van der Waals surface area contributed by atoms with Gasteiger partial charge in [0.05, 0.1) is 11.1 Å². The van der Waals surface area contributed by atoms with Crippen molar-refractivity contribution in [3.8, 4) is 0 Å². The molecule has 174 valence electrons. The van der Waals surface area contributed by atoms with E-state index < -0.39 is 5.82 Å². The van der Waals surface area contributed by atoms with Gasteiger partial charge in [0.2, 0.25) is 5.95 Å². The van der Waals surface area contributed by atoms with Crippen LogP contribution >= 0.6 is 0 Å². The van der Waals surface area contributed by atoms with Crippen LogP contribution in [0.2, 0.25) is 0 Å². The third-order valence-corrected chi connectivity index (χ3v) is 6.42. The Hall–Kier alpha value is -4.01. The zero-order chi connectivity index (χ0) is 23.8. The van der Waals surface area contributed by atoms with E-state index >= 15 is 0 Å². The van der Waals surface area contributed by atoms with Crippen LogP contribution in [0, 0.1) is 19.7 Å². The van der Waals surface area contributed by atoms with Gasteiger partial charge in [0, 0.05) is 54.2 Å². The van der Waals surface area contributed by atoms with Crippen molar-refractivity contribution in [3.63, 3.8) is 0 Å². The van der Waals surface area contributed by atoms with Gasteiger partial charge < -0.3 is 20.5 Å². The third-order valence-electron chi connectivity index (χ3n) is 6.42. The number of carbonyl (C=O) groups is 2. The molecule has 0 saturated carbocycles. The highest BCUT2D eigenvalue weighted by Gasteiger charge is 2.27. The minimum absolute atomic E-state index is 0.0541. The number of nitrogens with zero attached hydrogens (tertiary/aromatic N) is 3. The van der Waals surface area contributed by atoms with Crippen LogP contribution in [-0.4, -0.2) is 45.9 Å². The van der Waals surface area contributed by atoms with E-state index in [-0.39, 0.29) is 17.9 Å². The SMILES string of the molecule is Cc1[nH]c(C=C2C(=O)Nc3ccc(F)cc32)c(C)c1C(=O)NC1CCN(c2ncccn2)CC1. The maximum absolute atomic E-state index is 13.8. The topological polar surface area (TPSA) is 103 Å². The summed E-state index contributed by atoms with van der Waals surface area (Å²) in [6, 6.07) is 6.04. The van der Waals surface area contributed by atoms with Crippen molar-refractivity contribution in [2.45, 2.75) is 32.7 Å². The number of halogens is 1. The predicted molar refractivity (Wildman–Crippen MR) is 128 cm³/mol. The van der Waals surface area contributed by atoms with Crippen LogP contribution in [0.3, 0.4) is 0 Å². The highest BCUT2D eigenvalue weighted by atomic mass is 19.1. The number of aromatic amines is 1. The van der Waals surface area contributed by atoms with Gasteiger partial charge in [0.25, 0.3) is 11.8 Å². The summed E-state index contributed by atoms with van der Waals surface area (Å²) in [5.74, 6) is -0.148. The monoisotopic (exact) mass is 460 g/mol. The first-order valence-corrected chi connectivity index (χ1v) is 11.3. The standard InChI is InChI=1S/C25H25FN6O2/c1-14-21(13-19-18-12-16(26)4-5-20(18)31-23(19)33)29-15(2)22(14)24(34)30-17-6-10-32(11-7-17)25-27-8-3-9-28-25/h3-5,8-9,12-13,17,29H,6-7,10-11H2,1-2H3,(H,30,34)(H,31,33). The normalized spacial score (nSPS) is 17.1. The van der Waals surface area contributed by atoms with Crippen LogP contribution < -0.4 is 15.5 Å². The molecule has 3 N–H and O–H groups in total. The number of amides is 2. The average molecular weight is 461 g/mol. The first kappa shape index (κ1) is 21.8. The van der Waals surface area contributed by atoms with Gasteiger partial charge in [-0.15, -0.1) is 0 Å². The number of nitrogens with one attached hydrogen (secondary N) is 3. The van der Waals surface area contributed by atoms with Gasteiger partial charge in [-0.1, -0.05) is 0 Å². The second-order valence-electron chi connectivity index (χ2n) is 8.65. The molecule has 34 heavy (non-hydrogen) atoms. The van der Waals surface area contributed by atoms with E-state index in [2.05, 4.69) is 30.5 Å². The third kappa shape index (κ3) is 4.05. The van der Waals surface area contributed by atoms with Crippen molar-refractivity contribution >= 4 is 35.1 Å². The van der Waals surface area contributed by atoms with Crippen LogP contribution in [0.4, 0.5) is 16.0 Å². The van der Waals surface area contributed by atoms with Gasteiger partial charge in [-0.25, -0.2) is 14.4 Å². The first-order valence-electron chi connectivity index (χ1n) is 11.3. The Bertz CT molecular complexity index is 1290. The first-order chi connectivity index (χ1) is 16.4. The molecule has 0 bridgehead atoms. The maximum Gasteiger partial charge on any atom is 0.256 e. The molecule has 0 radical (unpaired) electrons. The molecule has 3 aromatic rings. The summed E-state index contributed by atoms with van der Waals surface area (Å²) in [6.07, 6.45) is 6.73. The summed E-state index contributed by atoms with van der Waals surface area (Å²) in [6.45, 7) is 5.21. The lowest BCUT2D eigenvalue weighted by Gasteiger charge is -2.32. The fourth-order valence-corrected chi connectivity index (χ4v) is 4.64. The van der Waals surface area contributed by atoms with E-state index in [1.54, 1.807) is 30.6 Å². The zero-order valence-corrected chi connectivity index (χ0v) is 19.0. The van der Waals surface area contributed by atoms with Gasteiger partial charge in [-0.2, -0.15) is 0 Å². The molecular weight excluding hydrogens is 435 g/mol. The Morgan fingerprint density at radius 3 is 2.68 bits per heavy atom. The zero-order valence-electron chi connectivity index (χ0n) is 19.0. The van der Waals surface area contributed by atoms with Crippen molar-refractivity contribution in [3.05, 3.63) is 70.6 Å². The smallest absolute Gasteiger partial charge is 0.256 e. The van der Waals surface area contributed by atoms with Crippen LogP contribution in [-0.2, 0) is 4.79 Å². The molecule has 1 fully saturated rings. The van der Waals surface area contributed by atoms with E-state index in [0.29, 0.717) is 34.0 Å². The number of benzene rings is 1. The van der Waals surface area contributed by atoms with Crippen molar-refractivity contribution in [1.29, 1.82) is 0 Å². The summed E-state index contributed by atoms with van der Waals surface area (Å²) >= 11 is 0. The second-order valence-corrected chi connectivity index (χ2v) is 8.65. The Morgan fingerprint density at radius 2 is 1.94 bits per heavy atom. The number of aromatic nitrogens is 3. The number of anilines is 2. The van der Waals surface area contributed by atoms with Gasteiger partial charge in [0.15, 0.2) is 0 Å². The van der Waals surface area contributed by atoms with Gasteiger partial charge in [-0.3, -0.25) is 9.59 Å². The van der Waals surface area contributed by atoms with Crippen LogP contribution in [0.5, 0.6) is 0 Å². The molecule has 0 aliphatic carbocycles. The van der Waals surface area contributed by atoms with E-state index in [1.807, 2.05) is 13.8 Å². The van der Waals surface area contributed by atoms with Gasteiger partial charge >= 0.3 is 0 Å². The van der Waals surface area contributed by atoms with E-state index in [1.165, 1.54) is 12.1 Å². The Kier molecular flexibility index (Phi) is 5.61. The molecule has 0 unspecified atom stereocenters. The highest BCUT2D eigenvalue weighted by molar-refractivity contribution is 6.34. The van der Waals surface area contributed by atoms with Gasteiger partial charge in [-0.05, 0) is 62.6 Å². The molecule has 8 nitrogen and oxygen atoms in total. The number of aryl methyl sites for hydroxylation is 1. The maximum atomic E-state index is 13.8. The van der Waals surface area contributed by atoms with Crippen LogP contribution in [0.15, 0.2) is 36.7 Å². The Balaban J connectivity index is 1.31. The molecule has 2 amide bonds. The molecule has 4 heterocycles. The fourth-order valence-electron chi connectivity index (χ4n) is 4.64. The molecule has 1 aromatic carbocycles. The Morgan fingerprint density at radius 1 is 1.21 bits per heavy atom. The minimum Gasteiger partial charge on any atom is -0.358 e. The lowest BCUT2D eigenvalue weighted by molar-refractivity contribution is -0.110. The molecule has 1 saturated heterocycles. The number of hydrogen-bond donors (Lipinski definition) is 3. The van der Waals surface area contributed by atoms with E-state index in [0.717, 1.165) is 37.2 Å². The molecule has 0 atom stereocenters. The van der Waals surface area contributed by atoms with Crippen molar-refractivity contribution in [2.24, 2.45) is 0 Å². The summed E-state index contributed by atoms with van der Waals surface area (Å²) in [4.78, 5) is 39.5. The average Bonchev–Trinajstić information content (AvgIpc) is 3.29. The highest BCUT2D eigenvalue weighted by Crippen LogP contribution is 2.34. The number of rotatable bonds is 4. The van der Waals surface area contributed by atoms with Crippen molar-refractivity contribution in [1.82, 2.24) is 20.3 Å². The van der Waals surface area contributed by atoms with E-state index in [4.69, 9.17) is 0 Å². The summed E-state index contributed by atoms with van der Waals surface area (Å²) in [5.41, 5.74) is 4.13. The number of hydrogen-bond acceptors (Lipinski definition) is 5.